The van der Waals surface area contributed by atoms with E-state index in [0.717, 1.165) is 4.47 Å². The van der Waals surface area contributed by atoms with Crippen molar-refractivity contribution >= 4 is 33.5 Å². The Bertz CT molecular complexity index is 547. The SMILES string of the molecule is CC1(C(=O)O)CCCN1C(=O)c1ccc(Br)cc1N. The summed E-state index contributed by atoms with van der Waals surface area (Å²) < 4.78 is 0.781. The number of hydrogen-bond donors (Lipinski definition) is 2. The van der Waals surface area contributed by atoms with Crippen LogP contribution in [-0.4, -0.2) is 34.0 Å². The lowest BCUT2D eigenvalue weighted by atomic mass is 9.98. The van der Waals surface area contributed by atoms with Gasteiger partial charge in [0.1, 0.15) is 5.54 Å². The summed E-state index contributed by atoms with van der Waals surface area (Å²) >= 11 is 3.28. The molecule has 1 aliphatic rings. The number of likely N-dealkylation sites (tertiary alicyclic amines) is 1. The maximum absolute atomic E-state index is 12.5. The van der Waals surface area contributed by atoms with Crippen molar-refractivity contribution in [3.05, 3.63) is 28.2 Å². The van der Waals surface area contributed by atoms with Gasteiger partial charge in [-0.15, -0.1) is 0 Å². The zero-order chi connectivity index (χ0) is 14.2. The first kappa shape index (κ1) is 13.9. The van der Waals surface area contributed by atoms with Gasteiger partial charge in [-0.05, 0) is 38.0 Å². The van der Waals surface area contributed by atoms with E-state index in [1.165, 1.54) is 4.90 Å². The highest BCUT2D eigenvalue weighted by molar-refractivity contribution is 9.10. The quantitative estimate of drug-likeness (QED) is 0.815. The molecule has 0 radical (unpaired) electrons. The number of amides is 1. The van der Waals surface area contributed by atoms with Crippen molar-refractivity contribution in [2.24, 2.45) is 0 Å². The molecule has 0 bridgehead atoms. The lowest BCUT2D eigenvalue weighted by Crippen LogP contribution is -2.50. The number of carboxylic acid groups (broad SMARTS) is 1. The molecular weight excluding hydrogens is 312 g/mol. The summed E-state index contributed by atoms with van der Waals surface area (Å²) in [6, 6.07) is 4.97. The van der Waals surface area contributed by atoms with Crippen LogP contribution in [0.1, 0.15) is 30.1 Å². The lowest BCUT2D eigenvalue weighted by molar-refractivity contribution is -0.147. The predicted molar refractivity (Wildman–Crippen MR) is 74.9 cm³/mol. The zero-order valence-electron chi connectivity index (χ0n) is 10.5. The van der Waals surface area contributed by atoms with Gasteiger partial charge in [-0.3, -0.25) is 4.79 Å². The highest BCUT2D eigenvalue weighted by Gasteiger charge is 2.46. The van der Waals surface area contributed by atoms with Crippen molar-refractivity contribution in [1.82, 2.24) is 4.90 Å². The van der Waals surface area contributed by atoms with Crippen molar-refractivity contribution in [2.75, 3.05) is 12.3 Å². The summed E-state index contributed by atoms with van der Waals surface area (Å²) in [7, 11) is 0. The monoisotopic (exact) mass is 326 g/mol. The van der Waals surface area contributed by atoms with E-state index in [9.17, 15) is 14.7 Å². The molecule has 1 aliphatic heterocycles. The molecule has 1 fully saturated rings. The zero-order valence-corrected chi connectivity index (χ0v) is 12.1. The van der Waals surface area contributed by atoms with Crippen LogP contribution in [0.3, 0.4) is 0 Å². The highest BCUT2D eigenvalue weighted by Crippen LogP contribution is 2.32. The largest absolute Gasteiger partial charge is 0.480 e. The Labute approximate surface area is 119 Å². The minimum absolute atomic E-state index is 0.326. The molecule has 3 N–H and O–H groups in total. The molecule has 0 aromatic heterocycles. The van der Waals surface area contributed by atoms with Gasteiger partial charge in [-0.1, -0.05) is 15.9 Å². The number of aliphatic carboxylic acids is 1. The molecule has 19 heavy (non-hydrogen) atoms. The molecule has 6 heteroatoms. The average Bonchev–Trinajstić information content (AvgIpc) is 2.72. The fraction of sp³-hybridized carbons (Fsp3) is 0.385. The number of halogens is 1. The van der Waals surface area contributed by atoms with Crippen LogP contribution in [0.5, 0.6) is 0 Å². The molecular formula is C13H15BrN2O3. The molecule has 0 aliphatic carbocycles. The minimum Gasteiger partial charge on any atom is -0.480 e. The molecule has 1 aromatic rings. The number of carbonyl (C=O) groups is 2. The topological polar surface area (TPSA) is 83.6 Å². The van der Waals surface area contributed by atoms with Gasteiger partial charge in [0.05, 0.1) is 5.56 Å². The number of hydrogen-bond acceptors (Lipinski definition) is 3. The summed E-state index contributed by atoms with van der Waals surface area (Å²) in [5.74, 6) is -1.30. The first-order valence-electron chi connectivity index (χ1n) is 5.96. The van der Waals surface area contributed by atoms with Gasteiger partial charge < -0.3 is 15.7 Å². The van der Waals surface area contributed by atoms with Crippen molar-refractivity contribution in [3.8, 4) is 0 Å². The van der Waals surface area contributed by atoms with Crippen molar-refractivity contribution < 1.29 is 14.7 Å². The number of carboxylic acids is 1. The Balaban J connectivity index is 2.36. The van der Waals surface area contributed by atoms with Crippen LogP contribution in [0.25, 0.3) is 0 Å². The van der Waals surface area contributed by atoms with Crippen LogP contribution < -0.4 is 5.73 Å². The fourth-order valence-corrected chi connectivity index (χ4v) is 2.76. The van der Waals surface area contributed by atoms with Crippen LogP contribution in [0.2, 0.25) is 0 Å². The van der Waals surface area contributed by atoms with E-state index in [2.05, 4.69) is 15.9 Å². The second kappa shape index (κ2) is 4.85. The molecule has 102 valence electrons. The number of nitrogens with zero attached hydrogens (tertiary/aromatic N) is 1. The predicted octanol–water partition coefficient (Wildman–Crippen LogP) is 2.11. The van der Waals surface area contributed by atoms with E-state index in [1.807, 2.05) is 0 Å². The Morgan fingerprint density at radius 2 is 2.16 bits per heavy atom. The van der Waals surface area contributed by atoms with Crippen LogP contribution >= 0.6 is 15.9 Å². The Kier molecular flexibility index (Phi) is 3.54. The third-order valence-corrected chi connectivity index (χ3v) is 4.08. The summed E-state index contributed by atoms with van der Waals surface area (Å²) in [5.41, 5.74) is 5.38. The molecule has 2 rings (SSSR count). The molecule has 1 saturated heterocycles. The number of carbonyl (C=O) groups excluding carboxylic acids is 1. The summed E-state index contributed by atoms with van der Waals surface area (Å²) in [6.45, 7) is 2.02. The second-order valence-corrected chi connectivity index (χ2v) is 5.79. The number of benzene rings is 1. The van der Waals surface area contributed by atoms with Gasteiger partial charge in [0, 0.05) is 16.7 Å². The minimum atomic E-state index is -1.14. The lowest BCUT2D eigenvalue weighted by Gasteiger charge is -2.31. The smallest absolute Gasteiger partial charge is 0.329 e. The van der Waals surface area contributed by atoms with Crippen LogP contribution in [0.4, 0.5) is 5.69 Å². The maximum Gasteiger partial charge on any atom is 0.329 e. The first-order chi connectivity index (χ1) is 8.86. The third-order valence-electron chi connectivity index (χ3n) is 3.59. The van der Waals surface area contributed by atoms with Gasteiger partial charge in [0.15, 0.2) is 0 Å². The summed E-state index contributed by atoms with van der Waals surface area (Å²) in [6.07, 6.45) is 1.15. The van der Waals surface area contributed by atoms with Gasteiger partial charge in [0.25, 0.3) is 5.91 Å². The van der Waals surface area contributed by atoms with Gasteiger partial charge in [-0.25, -0.2) is 4.79 Å². The molecule has 1 aromatic carbocycles. The van der Waals surface area contributed by atoms with E-state index in [4.69, 9.17) is 5.73 Å². The van der Waals surface area contributed by atoms with E-state index in [1.54, 1.807) is 25.1 Å². The van der Waals surface area contributed by atoms with Gasteiger partial charge in [-0.2, -0.15) is 0 Å². The molecule has 1 amide bonds. The van der Waals surface area contributed by atoms with Gasteiger partial charge in [0.2, 0.25) is 0 Å². The first-order valence-corrected chi connectivity index (χ1v) is 6.76. The van der Waals surface area contributed by atoms with E-state index in [-0.39, 0.29) is 5.91 Å². The molecule has 0 saturated carbocycles. The number of rotatable bonds is 2. The molecule has 5 nitrogen and oxygen atoms in total. The summed E-state index contributed by atoms with van der Waals surface area (Å²) in [4.78, 5) is 25.2. The Morgan fingerprint density at radius 1 is 1.47 bits per heavy atom. The average molecular weight is 327 g/mol. The Hall–Kier alpha value is -1.56. The second-order valence-electron chi connectivity index (χ2n) is 4.87. The summed E-state index contributed by atoms with van der Waals surface area (Å²) in [5, 5.41) is 9.32. The fourth-order valence-electron chi connectivity index (χ4n) is 2.38. The van der Waals surface area contributed by atoms with Crippen molar-refractivity contribution in [1.29, 1.82) is 0 Å². The number of nitrogen functional groups attached to an aromatic ring is 1. The van der Waals surface area contributed by atoms with E-state index in [0.29, 0.717) is 30.6 Å². The number of anilines is 1. The van der Waals surface area contributed by atoms with E-state index < -0.39 is 11.5 Å². The molecule has 1 atom stereocenters. The van der Waals surface area contributed by atoms with Gasteiger partial charge >= 0.3 is 5.97 Å². The van der Waals surface area contributed by atoms with Crippen molar-refractivity contribution in [2.45, 2.75) is 25.3 Å². The number of nitrogens with two attached hydrogens (primary N) is 1. The maximum atomic E-state index is 12.5. The van der Waals surface area contributed by atoms with E-state index >= 15 is 0 Å². The Morgan fingerprint density at radius 3 is 2.74 bits per heavy atom. The third kappa shape index (κ3) is 2.32. The standard InChI is InChI=1S/C13H15BrN2O3/c1-13(12(18)19)5-2-6-16(13)11(17)9-4-3-8(14)7-10(9)15/h3-4,7H,2,5-6,15H2,1H3,(H,18,19). The normalized spacial score (nSPS) is 22.5. The molecule has 0 spiro atoms. The highest BCUT2D eigenvalue weighted by atomic mass is 79.9. The molecule has 1 unspecified atom stereocenters. The van der Waals surface area contributed by atoms with Crippen LogP contribution in [0.15, 0.2) is 22.7 Å². The van der Waals surface area contributed by atoms with Crippen molar-refractivity contribution in [3.63, 3.8) is 0 Å². The van der Waals surface area contributed by atoms with Crippen LogP contribution in [-0.2, 0) is 4.79 Å². The molecule has 1 heterocycles. The van der Waals surface area contributed by atoms with Crippen LogP contribution in [0, 0.1) is 0 Å².